The first-order valence-corrected chi connectivity index (χ1v) is 9.74. The smallest absolute Gasteiger partial charge is 0.271 e. The third kappa shape index (κ3) is 2.84. The molecule has 0 aliphatic heterocycles. The first-order valence-electron chi connectivity index (χ1n) is 8.95. The van der Waals surface area contributed by atoms with Crippen LogP contribution in [0.4, 0.5) is 0 Å². The molecule has 0 N–H and O–H groups in total. The zero-order valence-electron chi connectivity index (χ0n) is 15.6. The predicted molar refractivity (Wildman–Crippen MR) is 112 cm³/mol. The average molecular weight is 425 g/mol. The molecule has 0 saturated heterocycles. The number of imidazole rings is 1. The quantitative estimate of drug-likeness (QED) is 0.480. The van der Waals surface area contributed by atoms with E-state index in [1.165, 1.54) is 0 Å². The molecule has 1 amide bonds. The molecule has 0 radical (unpaired) electrons. The van der Waals surface area contributed by atoms with Crippen molar-refractivity contribution in [2.24, 2.45) is 7.05 Å². The lowest BCUT2D eigenvalue weighted by Gasteiger charge is -2.18. The second-order valence-corrected chi connectivity index (χ2v) is 7.45. The van der Waals surface area contributed by atoms with Crippen LogP contribution in [0.15, 0.2) is 53.0 Å². The van der Waals surface area contributed by atoms with Crippen LogP contribution < -0.4 is 0 Å². The van der Waals surface area contributed by atoms with Crippen LogP contribution in [0.3, 0.4) is 0 Å². The lowest BCUT2D eigenvalue weighted by atomic mass is 10.2. The summed E-state index contributed by atoms with van der Waals surface area (Å²) in [5, 5.41) is 1.04. The van der Waals surface area contributed by atoms with E-state index in [1.54, 1.807) is 4.90 Å². The summed E-state index contributed by atoms with van der Waals surface area (Å²) in [5.74, 6) is 0.861. The van der Waals surface area contributed by atoms with Crippen molar-refractivity contribution in [3.05, 3.63) is 64.5 Å². The first kappa shape index (κ1) is 17.8. The van der Waals surface area contributed by atoms with Gasteiger partial charge in [-0.2, -0.15) is 0 Å². The number of aromatic nitrogens is 3. The first-order chi connectivity index (χ1) is 13.0. The Balaban J connectivity index is 1.70. The zero-order valence-corrected chi connectivity index (χ0v) is 17.2. The zero-order chi connectivity index (χ0) is 19.1. The number of aryl methyl sites for hydroxylation is 2. The van der Waals surface area contributed by atoms with Gasteiger partial charge in [0.15, 0.2) is 0 Å². The summed E-state index contributed by atoms with van der Waals surface area (Å²) in [4.78, 5) is 19.7. The van der Waals surface area contributed by atoms with Gasteiger partial charge in [-0.3, -0.25) is 4.79 Å². The molecule has 6 heteroatoms. The molecule has 0 unspecified atom stereocenters. The molecule has 138 valence electrons. The van der Waals surface area contributed by atoms with Crippen LogP contribution in [0.5, 0.6) is 0 Å². The summed E-state index contributed by atoms with van der Waals surface area (Å²) in [6.07, 6.45) is 0. The number of rotatable bonds is 4. The van der Waals surface area contributed by atoms with Gasteiger partial charge >= 0.3 is 0 Å². The molecule has 2 aromatic heterocycles. The number of nitrogens with zero attached hydrogens (tertiary/aromatic N) is 4. The molecule has 4 rings (SSSR count). The monoisotopic (exact) mass is 424 g/mol. The number of para-hydroxylation sites is 3. The molecule has 0 bridgehead atoms. The molecule has 4 aromatic rings. The summed E-state index contributed by atoms with van der Waals surface area (Å²) < 4.78 is 4.94. The topological polar surface area (TPSA) is 43.1 Å². The standard InChI is InChI=1S/C21H21BrN4O/c1-4-26-17-12-8-6-10-15(17)23-18(26)13-24(2)21(27)20-19(22)14-9-5-7-11-16(14)25(20)3/h5-12H,4,13H2,1-3H3. The van der Waals surface area contributed by atoms with Crippen LogP contribution in [0.25, 0.3) is 21.9 Å². The summed E-state index contributed by atoms with van der Waals surface area (Å²) in [6, 6.07) is 16.1. The number of amides is 1. The number of carbonyl (C=O) groups excluding carboxylic acids is 1. The number of carbonyl (C=O) groups is 1. The van der Waals surface area contributed by atoms with E-state index in [4.69, 9.17) is 4.98 Å². The fourth-order valence-corrected chi connectivity index (χ4v) is 4.42. The Morgan fingerprint density at radius 1 is 1.11 bits per heavy atom. The molecule has 0 fully saturated rings. The number of hydrogen-bond donors (Lipinski definition) is 0. The highest BCUT2D eigenvalue weighted by molar-refractivity contribution is 9.10. The summed E-state index contributed by atoms with van der Waals surface area (Å²) in [6.45, 7) is 3.37. The predicted octanol–water partition coefficient (Wildman–Crippen LogP) is 4.58. The highest BCUT2D eigenvalue weighted by atomic mass is 79.9. The van der Waals surface area contributed by atoms with Gasteiger partial charge in [0.25, 0.3) is 5.91 Å². The van der Waals surface area contributed by atoms with E-state index in [9.17, 15) is 4.79 Å². The molecule has 2 heterocycles. The van der Waals surface area contributed by atoms with Crippen molar-refractivity contribution >= 4 is 43.8 Å². The minimum atomic E-state index is -0.0321. The second-order valence-electron chi connectivity index (χ2n) is 6.66. The van der Waals surface area contributed by atoms with Gasteiger partial charge in [0, 0.05) is 31.5 Å². The van der Waals surface area contributed by atoms with Crippen molar-refractivity contribution in [1.82, 2.24) is 19.0 Å². The third-order valence-corrected chi connectivity index (χ3v) is 5.83. The lowest BCUT2D eigenvalue weighted by Crippen LogP contribution is -2.29. The van der Waals surface area contributed by atoms with Gasteiger partial charge in [-0.1, -0.05) is 30.3 Å². The van der Waals surface area contributed by atoms with Gasteiger partial charge < -0.3 is 14.0 Å². The van der Waals surface area contributed by atoms with E-state index < -0.39 is 0 Å². The molecule has 5 nitrogen and oxygen atoms in total. The third-order valence-electron chi connectivity index (χ3n) is 5.02. The van der Waals surface area contributed by atoms with Crippen LogP contribution in [-0.4, -0.2) is 32.0 Å². The Hall–Kier alpha value is -2.60. The highest BCUT2D eigenvalue weighted by Crippen LogP contribution is 2.31. The van der Waals surface area contributed by atoms with E-state index in [0.29, 0.717) is 12.2 Å². The highest BCUT2D eigenvalue weighted by Gasteiger charge is 2.23. The van der Waals surface area contributed by atoms with Gasteiger partial charge in [0.1, 0.15) is 11.5 Å². The minimum Gasteiger partial charge on any atom is -0.339 e. The van der Waals surface area contributed by atoms with Gasteiger partial charge in [0.05, 0.1) is 22.1 Å². The van der Waals surface area contributed by atoms with E-state index in [2.05, 4.69) is 33.5 Å². The molecule has 0 atom stereocenters. The molecule has 27 heavy (non-hydrogen) atoms. The van der Waals surface area contributed by atoms with Crippen LogP contribution >= 0.6 is 15.9 Å². The maximum Gasteiger partial charge on any atom is 0.271 e. The Labute approximate surface area is 166 Å². The SMILES string of the molecule is CCn1c(CN(C)C(=O)c2c(Br)c3ccccc3n2C)nc2ccccc21. The number of benzene rings is 2. The normalized spacial score (nSPS) is 11.4. The Kier molecular flexibility index (Phi) is 4.52. The summed E-state index contributed by atoms with van der Waals surface area (Å²) >= 11 is 3.62. The van der Waals surface area contributed by atoms with E-state index >= 15 is 0 Å². The molecule has 0 aliphatic carbocycles. The van der Waals surface area contributed by atoms with Crippen molar-refractivity contribution in [2.45, 2.75) is 20.0 Å². The van der Waals surface area contributed by atoms with Crippen molar-refractivity contribution in [3.8, 4) is 0 Å². The van der Waals surface area contributed by atoms with Crippen molar-refractivity contribution < 1.29 is 4.79 Å². The maximum atomic E-state index is 13.2. The number of halogens is 1. The van der Waals surface area contributed by atoms with Gasteiger partial charge in [-0.15, -0.1) is 0 Å². The fraction of sp³-hybridized carbons (Fsp3) is 0.238. The Morgan fingerprint density at radius 3 is 2.48 bits per heavy atom. The summed E-state index contributed by atoms with van der Waals surface area (Å²) in [7, 11) is 3.75. The Bertz CT molecular complexity index is 1120. The van der Waals surface area contributed by atoms with Crippen LogP contribution in [0.2, 0.25) is 0 Å². The molecule has 0 spiro atoms. The van der Waals surface area contributed by atoms with Crippen molar-refractivity contribution in [1.29, 1.82) is 0 Å². The van der Waals surface area contributed by atoms with Crippen LogP contribution in [-0.2, 0) is 20.1 Å². The van der Waals surface area contributed by atoms with E-state index in [0.717, 1.165) is 38.8 Å². The number of hydrogen-bond acceptors (Lipinski definition) is 2. The average Bonchev–Trinajstić information content (AvgIpc) is 3.16. The van der Waals surface area contributed by atoms with Gasteiger partial charge in [-0.25, -0.2) is 4.98 Å². The van der Waals surface area contributed by atoms with Crippen LogP contribution in [0, 0.1) is 0 Å². The van der Waals surface area contributed by atoms with E-state index in [1.807, 2.05) is 61.1 Å². The molecule has 2 aromatic carbocycles. The lowest BCUT2D eigenvalue weighted by molar-refractivity contribution is 0.0770. The molecule has 0 saturated carbocycles. The Morgan fingerprint density at radius 2 is 1.78 bits per heavy atom. The second kappa shape index (κ2) is 6.85. The number of fused-ring (bicyclic) bond motifs is 2. The largest absolute Gasteiger partial charge is 0.339 e. The molecular formula is C21H21BrN4O. The molecular weight excluding hydrogens is 404 g/mol. The van der Waals surface area contributed by atoms with Crippen LogP contribution in [0.1, 0.15) is 23.2 Å². The molecule has 0 aliphatic rings. The van der Waals surface area contributed by atoms with Gasteiger partial charge in [0.2, 0.25) is 0 Å². The van der Waals surface area contributed by atoms with Crippen molar-refractivity contribution in [2.75, 3.05) is 7.05 Å². The van der Waals surface area contributed by atoms with Gasteiger partial charge in [-0.05, 0) is 41.1 Å². The van der Waals surface area contributed by atoms with E-state index in [-0.39, 0.29) is 5.91 Å². The summed E-state index contributed by atoms with van der Waals surface area (Å²) in [5.41, 5.74) is 3.74. The maximum absolute atomic E-state index is 13.2. The van der Waals surface area contributed by atoms with Crippen molar-refractivity contribution in [3.63, 3.8) is 0 Å². The fourth-order valence-electron chi connectivity index (χ4n) is 3.65. The minimum absolute atomic E-state index is 0.0321.